The molecule has 1 spiro atoms. The Bertz CT molecular complexity index is 767. The highest BCUT2D eigenvalue weighted by atomic mass is 16.2. The molecule has 7 nitrogen and oxygen atoms in total. The zero-order valence-corrected chi connectivity index (χ0v) is 13.1. The third-order valence-electron chi connectivity index (χ3n) is 4.81. The van der Waals surface area contributed by atoms with Crippen LogP contribution in [-0.2, 0) is 4.79 Å². The Labute approximate surface area is 139 Å². The van der Waals surface area contributed by atoms with Gasteiger partial charge < -0.3 is 9.80 Å². The van der Waals surface area contributed by atoms with E-state index in [9.17, 15) is 9.59 Å². The summed E-state index contributed by atoms with van der Waals surface area (Å²) >= 11 is 0. The maximum absolute atomic E-state index is 12.6. The van der Waals surface area contributed by atoms with Gasteiger partial charge in [0.2, 0.25) is 5.91 Å². The summed E-state index contributed by atoms with van der Waals surface area (Å²) in [7, 11) is 0. The largest absolute Gasteiger partial charge is 0.338 e. The van der Waals surface area contributed by atoms with Crippen molar-refractivity contribution in [1.82, 2.24) is 19.9 Å². The van der Waals surface area contributed by atoms with Crippen molar-refractivity contribution in [1.29, 1.82) is 0 Å². The topological polar surface area (TPSA) is 79.3 Å². The van der Waals surface area contributed by atoms with E-state index in [2.05, 4.69) is 15.0 Å². The lowest BCUT2D eigenvalue weighted by Gasteiger charge is -2.24. The molecule has 2 saturated heterocycles. The van der Waals surface area contributed by atoms with Crippen LogP contribution in [0.1, 0.15) is 23.2 Å². The highest BCUT2D eigenvalue weighted by Crippen LogP contribution is 2.41. The van der Waals surface area contributed by atoms with Gasteiger partial charge in [-0.1, -0.05) is 0 Å². The van der Waals surface area contributed by atoms with Gasteiger partial charge in [0.15, 0.2) is 0 Å². The van der Waals surface area contributed by atoms with Gasteiger partial charge in [-0.3, -0.25) is 14.6 Å². The van der Waals surface area contributed by atoms with Gasteiger partial charge in [0.05, 0.1) is 23.6 Å². The van der Waals surface area contributed by atoms with Crippen molar-refractivity contribution in [3.05, 3.63) is 48.8 Å². The van der Waals surface area contributed by atoms with E-state index in [1.54, 1.807) is 41.8 Å². The second-order valence-corrected chi connectivity index (χ2v) is 6.47. The first-order valence-electron chi connectivity index (χ1n) is 7.92. The zero-order chi connectivity index (χ0) is 16.6. The summed E-state index contributed by atoms with van der Waals surface area (Å²) < 4.78 is 0. The first kappa shape index (κ1) is 14.7. The quantitative estimate of drug-likeness (QED) is 0.828. The Kier molecular flexibility index (Phi) is 3.48. The predicted molar refractivity (Wildman–Crippen MR) is 86.2 cm³/mol. The number of carbonyl (C=O) groups is 2. The summed E-state index contributed by atoms with van der Waals surface area (Å²) in [4.78, 5) is 40.6. The number of hydrogen-bond acceptors (Lipinski definition) is 5. The standard InChI is InChI=1S/C17H17N5O2/c23-15-6-17(11-22(15)14-8-19-12-20-9-14)3-5-21(10-17)16(24)13-2-1-4-18-7-13/h1-2,4,7-9,12H,3,5-6,10-11H2. The van der Waals surface area contributed by atoms with Crippen LogP contribution in [0.4, 0.5) is 5.69 Å². The molecule has 2 fully saturated rings. The van der Waals surface area contributed by atoms with Gasteiger partial charge in [0, 0.05) is 43.9 Å². The van der Waals surface area contributed by atoms with Crippen molar-refractivity contribution in [3.8, 4) is 0 Å². The SMILES string of the molecule is O=C(c1cccnc1)N1CCC2(CC(=O)N(c3cncnc3)C2)C1. The number of rotatable bonds is 2. The fourth-order valence-corrected chi connectivity index (χ4v) is 3.62. The zero-order valence-electron chi connectivity index (χ0n) is 13.1. The van der Waals surface area contributed by atoms with E-state index in [4.69, 9.17) is 0 Å². The van der Waals surface area contributed by atoms with Crippen LogP contribution in [0.2, 0.25) is 0 Å². The van der Waals surface area contributed by atoms with Crippen LogP contribution < -0.4 is 4.90 Å². The molecule has 2 aliphatic rings. The van der Waals surface area contributed by atoms with Crippen LogP contribution in [0.3, 0.4) is 0 Å². The maximum Gasteiger partial charge on any atom is 0.255 e. The lowest BCUT2D eigenvalue weighted by Crippen LogP contribution is -2.34. The van der Waals surface area contributed by atoms with E-state index in [1.165, 1.54) is 6.33 Å². The molecule has 122 valence electrons. The normalized spacial score (nSPS) is 23.2. The molecule has 0 radical (unpaired) electrons. The molecule has 0 bridgehead atoms. The Balaban J connectivity index is 1.50. The van der Waals surface area contributed by atoms with Gasteiger partial charge in [-0.2, -0.15) is 0 Å². The van der Waals surface area contributed by atoms with Crippen molar-refractivity contribution >= 4 is 17.5 Å². The van der Waals surface area contributed by atoms with Gasteiger partial charge >= 0.3 is 0 Å². The summed E-state index contributed by atoms with van der Waals surface area (Å²) in [5.41, 5.74) is 1.13. The minimum Gasteiger partial charge on any atom is -0.338 e. The first-order chi connectivity index (χ1) is 11.7. The molecular formula is C17H17N5O2. The molecular weight excluding hydrogens is 306 g/mol. The average Bonchev–Trinajstić information content (AvgIpc) is 3.19. The van der Waals surface area contributed by atoms with E-state index in [1.807, 2.05) is 4.90 Å². The number of anilines is 1. The van der Waals surface area contributed by atoms with Crippen molar-refractivity contribution in [2.75, 3.05) is 24.5 Å². The van der Waals surface area contributed by atoms with Crippen LogP contribution in [0, 0.1) is 5.41 Å². The first-order valence-corrected chi connectivity index (χ1v) is 7.92. The van der Waals surface area contributed by atoms with Gasteiger partial charge in [-0.05, 0) is 18.6 Å². The maximum atomic E-state index is 12.6. The fourth-order valence-electron chi connectivity index (χ4n) is 3.62. The number of pyridine rings is 1. The lowest BCUT2D eigenvalue weighted by atomic mass is 9.86. The van der Waals surface area contributed by atoms with Gasteiger partial charge in [-0.25, -0.2) is 9.97 Å². The fraction of sp³-hybridized carbons (Fsp3) is 0.353. The molecule has 4 heterocycles. The Morgan fingerprint density at radius 3 is 2.71 bits per heavy atom. The van der Waals surface area contributed by atoms with Crippen LogP contribution in [0.5, 0.6) is 0 Å². The van der Waals surface area contributed by atoms with E-state index < -0.39 is 0 Å². The van der Waals surface area contributed by atoms with E-state index in [-0.39, 0.29) is 17.2 Å². The second-order valence-electron chi connectivity index (χ2n) is 6.47. The molecule has 2 amide bonds. The van der Waals surface area contributed by atoms with Gasteiger partial charge in [0.25, 0.3) is 5.91 Å². The van der Waals surface area contributed by atoms with Crippen molar-refractivity contribution in [2.24, 2.45) is 5.41 Å². The molecule has 0 N–H and O–H groups in total. The molecule has 1 atom stereocenters. The number of amides is 2. The minimum atomic E-state index is -0.176. The number of aromatic nitrogens is 3. The molecule has 0 aliphatic carbocycles. The van der Waals surface area contributed by atoms with Crippen LogP contribution in [0.25, 0.3) is 0 Å². The van der Waals surface area contributed by atoms with Crippen molar-refractivity contribution < 1.29 is 9.59 Å². The molecule has 0 aromatic carbocycles. The number of carbonyl (C=O) groups excluding carboxylic acids is 2. The molecule has 24 heavy (non-hydrogen) atoms. The van der Waals surface area contributed by atoms with Gasteiger partial charge in [-0.15, -0.1) is 0 Å². The average molecular weight is 323 g/mol. The molecule has 2 aliphatic heterocycles. The van der Waals surface area contributed by atoms with Crippen LogP contribution in [0.15, 0.2) is 43.2 Å². The van der Waals surface area contributed by atoms with E-state index in [0.29, 0.717) is 31.6 Å². The number of nitrogens with zero attached hydrogens (tertiary/aromatic N) is 5. The van der Waals surface area contributed by atoms with Crippen molar-refractivity contribution in [2.45, 2.75) is 12.8 Å². The number of hydrogen-bond donors (Lipinski definition) is 0. The second kappa shape index (κ2) is 5.67. The third-order valence-corrected chi connectivity index (χ3v) is 4.81. The third kappa shape index (κ3) is 2.51. The summed E-state index contributed by atoms with van der Waals surface area (Å²) in [6.07, 6.45) is 9.27. The predicted octanol–water partition coefficient (Wildman–Crippen LogP) is 1.14. The summed E-state index contributed by atoms with van der Waals surface area (Å²) in [6.45, 7) is 1.87. The van der Waals surface area contributed by atoms with E-state index >= 15 is 0 Å². The van der Waals surface area contributed by atoms with Crippen LogP contribution in [-0.4, -0.2) is 51.3 Å². The van der Waals surface area contributed by atoms with E-state index in [0.717, 1.165) is 12.1 Å². The minimum absolute atomic E-state index is 0.0195. The Morgan fingerprint density at radius 1 is 1.12 bits per heavy atom. The lowest BCUT2D eigenvalue weighted by molar-refractivity contribution is -0.117. The summed E-state index contributed by atoms with van der Waals surface area (Å²) in [5, 5.41) is 0. The highest BCUT2D eigenvalue weighted by Gasteiger charge is 2.49. The molecule has 7 heteroatoms. The molecule has 2 aromatic rings. The molecule has 1 unspecified atom stereocenters. The number of likely N-dealkylation sites (tertiary alicyclic amines) is 1. The monoisotopic (exact) mass is 323 g/mol. The summed E-state index contributed by atoms with van der Waals surface area (Å²) in [6, 6.07) is 3.53. The Hall–Kier alpha value is -2.83. The van der Waals surface area contributed by atoms with Gasteiger partial charge in [0.1, 0.15) is 6.33 Å². The van der Waals surface area contributed by atoms with Crippen LogP contribution >= 0.6 is 0 Å². The smallest absolute Gasteiger partial charge is 0.255 e. The molecule has 4 rings (SSSR count). The Morgan fingerprint density at radius 2 is 1.96 bits per heavy atom. The van der Waals surface area contributed by atoms with Crippen molar-refractivity contribution in [3.63, 3.8) is 0 Å². The molecule has 0 saturated carbocycles. The summed E-state index contributed by atoms with van der Waals surface area (Å²) in [5.74, 6) is 0.0504. The molecule has 2 aromatic heterocycles. The highest BCUT2D eigenvalue weighted by molar-refractivity contribution is 5.97.